The normalized spacial score (nSPS) is 10.6. The molecule has 27 heavy (non-hydrogen) atoms. The number of benzene rings is 1. The first-order valence-electron chi connectivity index (χ1n) is 7.87. The summed E-state index contributed by atoms with van der Waals surface area (Å²) in [5, 5.41) is 0.0868. The highest BCUT2D eigenvalue weighted by Crippen LogP contribution is 2.33. The van der Waals surface area contributed by atoms with Crippen molar-refractivity contribution >= 4 is 40.3 Å². The van der Waals surface area contributed by atoms with Crippen LogP contribution in [0.2, 0.25) is 0 Å². The predicted octanol–water partition coefficient (Wildman–Crippen LogP) is 2.97. The number of aryl methyl sites for hydroxylation is 1. The van der Waals surface area contributed by atoms with Crippen LogP contribution >= 0.6 is 11.3 Å². The topological polar surface area (TPSA) is 105 Å². The molecule has 8 heteroatoms. The maximum atomic E-state index is 12.0. The van der Waals surface area contributed by atoms with Gasteiger partial charge in [-0.2, -0.15) is 0 Å². The van der Waals surface area contributed by atoms with Crippen molar-refractivity contribution in [3.8, 4) is 0 Å². The van der Waals surface area contributed by atoms with Gasteiger partial charge in [-0.05, 0) is 24.1 Å². The number of nitrogen functional groups attached to an aromatic ring is 1. The van der Waals surface area contributed by atoms with Crippen molar-refractivity contribution in [3.63, 3.8) is 0 Å². The van der Waals surface area contributed by atoms with E-state index >= 15 is 0 Å². The highest BCUT2D eigenvalue weighted by Gasteiger charge is 2.27. The molecule has 0 aliphatic rings. The fourth-order valence-corrected chi connectivity index (χ4v) is 3.31. The molecule has 2 N–H and O–H groups in total. The highest BCUT2D eigenvalue weighted by atomic mass is 32.1. The van der Waals surface area contributed by atoms with E-state index in [9.17, 15) is 14.4 Å². The van der Waals surface area contributed by atoms with Gasteiger partial charge in [0, 0.05) is 11.6 Å². The maximum absolute atomic E-state index is 12.0. The van der Waals surface area contributed by atoms with E-state index in [-0.39, 0.29) is 27.6 Å². The van der Waals surface area contributed by atoms with E-state index in [4.69, 9.17) is 19.9 Å². The molecule has 0 bridgehead atoms. The van der Waals surface area contributed by atoms with Crippen LogP contribution in [0.1, 0.15) is 36.7 Å². The van der Waals surface area contributed by atoms with Crippen molar-refractivity contribution in [1.29, 1.82) is 0 Å². The molecule has 2 rings (SSSR count). The Kier molecular flexibility index (Phi) is 6.73. The molecular weight excluding hydrogens is 370 g/mol. The number of ether oxygens (including phenoxy) is 3. The van der Waals surface area contributed by atoms with E-state index in [1.165, 1.54) is 20.3 Å². The quantitative estimate of drug-likeness (QED) is 0.460. The van der Waals surface area contributed by atoms with Crippen molar-refractivity contribution < 1.29 is 28.6 Å². The summed E-state index contributed by atoms with van der Waals surface area (Å²) in [6.07, 6.45) is 2.90. The number of rotatable bonds is 6. The van der Waals surface area contributed by atoms with Crippen LogP contribution in [0.15, 0.2) is 30.3 Å². The number of carbonyl (C=O) groups is 3. The first-order chi connectivity index (χ1) is 12.9. The molecule has 1 aromatic carbocycles. The Bertz CT molecular complexity index is 900. The van der Waals surface area contributed by atoms with Crippen LogP contribution < -0.4 is 5.73 Å². The van der Waals surface area contributed by atoms with E-state index < -0.39 is 17.9 Å². The third-order valence-electron chi connectivity index (χ3n) is 3.74. The van der Waals surface area contributed by atoms with Gasteiger partial charge in [-0.25, -0.2) is 14.4 Å². The minimum absolute atomic E-state index is 0.00131. The minimum Gasteiger partial charge on any atom is -0.465 e. The second kappa shape index (κ2) is 9.00. The molecule has 0 aliphatic carbocycles. The van der Waals surface area contributed by atoms with E-state index in [1.807, 2.05) is 31.2 Å². The molecule has 0 saturated carbocycles. The lowest BCUT2D eigenvalue weighted by atomic mass is 10.1. The van der Waals surface area contributed by atoms with Crippen LogP contribution in [-0.2, 0) is 25.6 Å². The Balaban J connectivity index is 2.21. The van der Waals surface area contributed by atoms with Crippen LogP contribution in [0.25, 0.3) is 6.08 Å². The zero-order valence-corrected chi connectivity index (χ0v) is 15.9. The van der Waals surface area contributed by atoms with Gasteiger partial charge < -0.3 is 19.9 Å². The number of thiophene rings is 1. The van der Waals surface area contributed by atoms with Gasteiger partial charge in [0.2, 0.25) is 0 Å². The molecule has 0 amide bonds. The SMILES string of the molecule is COC(=O)c1sc(N)c(C(=O)OC)c1COC(=O)/C=C/c1ccccc1C. The van der Waals surface area contributed by atoms with Crippen LogP contribution in [0, 0.1) is 6.92 Å². The molecule has 0 atom stereocenters. The molecule has 0 saturated heterocycles. The fourth-order valence-electron chi connectivity index (χ4n) is 2.33. The molecule has 0 radical (unpaired) electrons. The zero-order chi connectivity index (χ0) is 20.0. The predicted molar refractivity (Wildman–Crippen MR) is 101 cm³/mol. The van der Waals surface area contributed by atoms with E-state index in [0.29, 0.717) is 0 Å². The lowest BCUT2D eigenvalue weighted by molar-refractivity contribution is -0.138. The van der Waals surface area contributed by atoms with Gasteiger partial charge in [0.15, 0.2) is 0 Å². The molecule has 7 nitrogen and oxygen atoms in total. The molecular formula is C19H19NO6S. The van der Waals surface area contributed by atoms with Gasteiger partial charge in [0.05, 0.1) is 14.2 Å². The van der Waals surface area contributed by atoms with Gasteiger partial charge >= 0.3 is 17.9 Å². The Morgan fingerprint density at radius 3 is 2.41 bits per heavy atom. The Morgan fingerprint density at radius 1 is 1.11 bits per heavy atom. The average Bonchev–Trinajstić information content (AvgIpc) is 3.00. The average molecular weight is 389 g/mol. The lowest BCUT2D eigenvalue weighted by Gasteiger charge is -2.06. The summed E-state index contributed by atoms with van der Waals surface area (Å²) in [4.78, 5) is 36.0. The Hall–Kier alpha value is -3.13. The molecule has 0 aliphatic heterocycles. The van der Waals surface area contributed by atoms with Crippen molar-refractivity contribution in [2.75, 3.05) is 20.0 Å². The molecule has 2 aromatic rings. The largest absolute Gasteiger partial charge is 0.465 e. The standard InChI is InChI=1S/C19H19NO6S/c1-11-6-4-5-7-12(11)8-9-14(21)26-10-13-15(18(22)24-2)17(20)27-16(13)19(23)25-3/h4-9H,10,20H2,1-3H3/b9-8+. The summed E-state index contributed by atoms with van der Waals surface area (Å²) in [6.45, 7) is 1.60. The summed E-state index contributed by atoms with van der Waals surface area (Å²) >= 11 is 0.874. The number of carbonyl (C=O) groups excluding carboxylic acids is 3. The molecule has 0 fully saturated rings. The van der Waals surface area contributed by atoms with Gasteiger partial charge in [-0.3, -0.25) is 0 Å². The van der Waals surface area contributed by atoms with Gasteiger partial charge in [-0.1, -0.05) is 24.3 Å². The van der Waals surface area contributed by atoms with Crippen LogP contribution in [0.3, 0.4) is 0 Å². The lowest BCUT2D eigenvalue weighted by Crippen LogP contribution is -2.11. The summed E-state index contributed by atoms with van der Waals surface area (Å²) in [7, 11) is 2.40. The molecule has 142 valence electrons. The van der Waals surface area contributed by atoms with Gasteiger partial charge in [-0.15, -0.1) is 11.3 Å². The maximum Gasteiger partial charge on any atom is 0.348 e. The first-order valence-corrected chi connectivity index (χ1v) is 8.68. The summed E-state index contributed by atoms with van der Waals surface area (Å²) in [5.74, 6) is -2.03. The Morgan fingerprint density at radius 2 is 1.78 bits per heavy atom. The van der Waals surface area contributed by atoms with Gasteiger partial charge in [0.25, 0.3) is 0 Å². The Labute approximate surface area is 160 Å². The molecule has 1 aromatic heterocycles. The smallest absolute Gasteiger partial charge is 0.348 e. The molecule has 0 unspecified atom stereocenters. The number of methoxy groups -OCH3 is 2. The van der Waals surface area contributed by atoms with Crippen LogP contribution in [0.5, 0.6) is 0 Å². The number of esters is 3. The van der Waals surface area contributed by atoms with E-state index in [0.717, 1.165) is 22.5 Å². The van der Waals surface area contributed by atoms with Crippen molar-refractivity contribution in [2.45, 2.75) is 13.5 Å². The summed E-state index contributed by atoms with van der Waals surface area (Å²) in [6, 6.07) is 7.54. The van der Waals surface area contributed by atoms with Gasteiger partial charge in [0.1, 0.15) is 22.0 Å². The monoisotopic (exact) mass is 389 g/mol. The van der Waals surface area contributed by atoms with E-state index in [1.54, 1.807) is 6.08 Å². The number of hydrogen-bond acceptors (Lipinski definition) is 8. The third kappa shape index (κ3) is 4.73. The van der Waals surface area contributed by atoms with Crippen molar-refractivity contribution in [3.05, 3.63) is 57.5 Å². The van der Waals surface area contributed by atoms with Crippen molar-refractivity contribution in [1.82, 2.24) is 0 Å². The zero-order valence-electron chi connectivity index (χ0n) is 15.1. The van der Waals surface area contributed by atoms with Crippen molar-refractivity contribution in [2.24, 2.45) is 0 Å². The van der Waals surface area contributed by atoms with Crippen LogP contribution in [-0.4, -0.2) is 32.1 Å². The summed E-state index contributed by atoms with van der Waals surface area (Å²) < 4.78 is 14.6. The third-order valence-corrected chi connectivity index (χ3v) is 4.78. The number of hydrogen-bond donors (Lipinski definition) is 1. The number of anilines is 1. The van der Waals surface area contributed by atoms with E-state index in [2.05, 4.69) is 0 Å². The highest BCUT2D eigenvalue weighted by molar-refractivity contribution is 7.18. The second-order valence-corrected chi connectivity index (χ2v) is 6.48. The fraction of sp³-hybridized carbons (Fsp3) is 0.211. The van der Waals surface area contributed by atoms with Crippen LogP contribution in [0.4, 0.5) is 5.00 Å². The molecule has 0 spiro atoms. The summed E-state index contributed by atoms with van der Waals surface area (Å²) in [5.41, 5.74) is 7.87. The second-order valence-electron chi connectivity index (χ2n) is 5.43. The number of nitrogens with two attached hydrogens (primary N) is 1. The molecule has 1 heterocycles. The minimum atomic E-state index is -0.722. The first kappa shape index (κ1) is 20.2.